The summed E-state index contributed by atoms with van der Waals surface area (Å²) in [6.07, 6.45) is -0.413. The molecule has 2 saturated heterocycles. The average Bonchev–Trinajstić information content (AvgIpc) is 3.04. The number of nitrogens with zero attached hydrogens (tertiary/aromatic N) is 2. The first-order chi connectivity index (χ1) is 13.0. The van der Waals surface area contributed by atoms with Crippen LogP contribution >= 0.6 is 0 Å². The van der Waals surface area contributed by atoms with Crippen molar-refractivity contribution in [2.24, 2.45) is 17.8 Å². The lowest BCUT2D eigenvalue weighted by Gasteiger charge is -2.40. The van der Waals surface area contributed by atoms with Crippen molar-refractivity contribution in [3.05, 3.63) is 35.4 Å². The van der Waals surface area contributed by atoms with E-state index in [2.05, 4.69) is 25.7 Å². The summed E-state index contributed by atoms with van der Waals surface area (Å²) >= 11 is 0. The highest BCUT2D eigenvalue weighted by Gasteiger charge is 2.45. The standard InChI is InChI=1S/C22H32F2N2O2/c1-13-9-25(10-14(2)20(13)27)21(28)18-12-26(22(3,4)5)11-17(18)16-7-6-15(23)8-19(16)24/h6-8,13-14,17-18,20,27H,9-12H2,1-5H3/t13-,14+,17-,18+,20-/m0/s1. The van der Waals surface area contributed by atoms with Gasteiger partial charge in [-0.1, -0.05) is 19.9 Å². The molecule has 1 aromatic carbocycles. The SMILES string of the molecule is C[C@@H]1CN(C(=O)[C@@H]2CN(C(C)(C)C)C[C@H]2c2ccc(F)cc2F)C[C@H](C)[C@@H]1O. The van der Waals surface area contributed by atoms with Gasteiger partial charge in [0.05, 0.1) is 12.0 Å². The third-order valence-electron chi connectivity index (χ3n) is 6.44. The molecule has 4 nitrogen and oxygen atoms in total. The van der Waals surface area contributed by atoms with Gasteiger partial charge in [-0.2, -0.15) is 0 Å². The molecule has 156 valence electrons. The number of rotatable bonds is 2. The summed E-state index contributed by atoms with van der Waals surface area (Å²) in [6, 6.07) is 3.64. The second kappa shape index (κ2) is 7.71. The molecule has 0 spiro atoms. The van der Waals surface area contributed by atoms with Crippen LogP contribution in [0.3, 0.4) is 0 Å². The third-order valence-corrected chi connectivity index (χ3v) is 6.44. The van der Waals surface area contributed by atoms with E-state index in [-0.39, 0.29) is 35.1 Å². The molecular weight excluding hydrogens is 362 g/mol. The number of aliphatic hydroxyl groups excluding tert-OH is 1. The fourth-order valence-electron chi connectivity index (χ4n) is 4.68. The van der Waals surface area contributed by atoms with E-state index in [1.165, 1.54) is 12.1 Å². The second-order valence-electron chi connectivity index (χ2n) is 9.64. The number of halogens is 2. The number of piperidine rings is 1. The van der Waals surface area contributed by atoms with Crippen molar-refractivity contribution in [2.45, 2.75) is 52.2 Å². The van der Waals surface area contributed by atoms with Crippen molar-refractivity contribution in [3.8, 4) is 0 Å². The van der Waals surface area contributed by atoms with Crippen LogP contribution in [0.15, 0.2) is 18.2 Å². The van der Waals surface area contributed by atoms with Crippen molar-refractivity contribution in [2.75, 3.05) is 26.2 Å². The van der Waals surface area contributed by atoms with E-state index in [9.17, 15) is 18.7 Å². The quantitative estimate of drug-likeness (QED) is 0.837. The van der Waals surface area contributed by atoms with Crippen LogP contribution in [0, 0.1) is 29.4 Å². The van der Waals surface area contributed by atoms with Crippen molar-refractivity contribution < 1.29 is 18.7 Å². The predicted molar refractivity (Wildman–Crippen MR) is 105 cm³/mol. The largest absolute Gasteiger partial charge is 0.392 e. The smallest absolute Gasteiger partial charge is 0.227 e. The van der Waals surface area contributed by atoms with Gasteiger partial charge >= 0.3 is 0 Å². The Bertz CT molecular complexity index is 722. The Morgan fingerprint density at radius 2 is 1.68 bits per heavy atom. The van der Waals surface area contributed by atoms with Crippen LogP contribution in [0.1, 0.15) is 46.1 Å². The van der Waals surface area contributed by atoms with Crippen molar-refractivity contribution in [1.82, 2.24) is 9.80 Å². The molecule has 0 unspecified atom stereocenters. The molecule has 2 aliphatic rings. The Labute approximate surface area is 166 Å². The Morgan fingerprint density at radius 3 is 2.21 bits per heavy atom. The van der Waals surface area contributed by atoms with Gasteiger partial charge in [-0.15, -0.1) is 0 Å². The van der Waals surface area contributed by atoms with Crippen molar-refractivity contribution in [1.29, 1.82) is 0 Å². The molecule has 2 heterocycles. The molecule has 0 bridgehead atoms. The van der Waals surface area contributed by atoms with Crippen LogP contribution in [0.5, 0.6) is 0 Å². The van der Waals surface area contributed by atoms with Crippen LogP contribution in [0.2, 0.25) is 0 Å². The Balaban J connectivity index is 1.90. The minimum Gasteiger partial charge on any atom is -0.392 e. The zero-order chi connectivity index (χ0) is 20.8. The van der Waals surface area contributed by atoms with Crippen LogP contribution < -0.4 is 0 Å². The summed E-state index contributed by atoms with van der Waals surface area (Å²) in [6.45, 7) is 12.3. The number of amides is 1. The molecule has 0 radical (unpaired) electrons. The molecule has 1 amide bonds. The van der Waals surface area contributed by atoms with Gasteiger partial charge in [-0.25, -0.2) is 8.78 Å². The first kappa shape index (κ1) is 21.2. The lowest BCUT2D eigenvalue weighted by atomic mass is 9.84. The minimum atomic E-state index is -0.609. The van der Waals surface area contributed by atoms with Gasteiger partial charge in [0.15, 0.2) is 0 Å². The predicted octanol–water partition coefficient (Wildman–Crippen LogP) is 3.25. The van der Waals surface area contributed by atoms with Gasteiger partial charge in [0.25, 0.3) is 0 Å². The molecule has 3 rings (SSSR count). The van der Waals surface area contributed by atoms with E-state index >= 15 is 0 Å². The molecule has 5 atom stereocenters. The molecule has 1 N–H and O–H groups in total. The molecule has 6 heteroatoms. The van der Waals surface area contributed by atoms with Gasteiger partial charge in [0.2, 0.25) is 5.91 Å². The number of carbonyl (C=O) groups excluding carboxylic acids is 1. The number of benzene rings is 1. The highest BCUT2D eigenvalue weighted by Crippen LogP contribution is 2.39. The lowest BCUT2D eigenvalue weighted by Crippen LogP contribution is -2.52. The normalized spacial score (nSPS) is 32.0. The maximum atomic E-state index is 14.6. The highest BCUT2D eigenvalue weighted by molar-refractivity contribution is 5.81. The number of likely N-dealkylation sites (tertiary alicyclic amines) is 2. The van der Waals surface area contributed by atoms with Crippen molar-refractivity contribution >= 4 is 5.91 Å². The minimum absolute atomic E-state index is 0.00562. The molecule has 2 fully saturated rings. The number of aliphatic hydroxyl groups is 1. The fraction of sp³-hybridized carbons (Fsp3) is 0.682. The van der Waals surface area contributed by atoms with Gasteiger partial charge in [0.1, 0.15) is 11.6 Å². The Kier molecular flexibility index (Phi) is 5.84. The van der Waals surface area contributed by atoms with Crippen LogP contribution in [0.4, 0.5) is 8.78 Å². The molecule has 1 aromatic rings. The third kappa shape index (κ3) is 4.08. The molecule has 28 heavy (non-hydrogen) atoms. The summed E-state index contributed by atoms with van der Waals surface area (Å²) in [5, 5.41) is 10.2. The van der Waals surface area contributed by atoms with E-state index in [1.807, 2.05) is 18.7 Å². The van der Waals surface area contributed by atoms with Gasteiger partial charge < -0.3 is 10.0 Å². The van der Waals surface area contributed by atoms with E-state index in [1.54, 1.807) is 0 Å². The Morgan fingerprint density at radius 1 is 1.07 bits per heavy atom. The first-order valence-corrected chi connectivity index (χ1v) is 10.2. The monoisotopic (exact) mass is 394 g/mol. The summed E-state index contributed by atoms with van der Waals surface area (Å²) in [5.74, 6) is -1.87. The van der Waals surface area contributed by atoms with E-state index in [0.29, 0.717) is 31.7 Å². The van der Waals surface area contributed by atoms with Gasteiger partial charge in [-0.05, 0) is 44.2 Å². The van der Waals surface area contributed by atoms with E-state index < -0.39 is 17.7 Å². The topological polar surface area (TPSA) is 43.8 Å². The number of hydrogen-bond acceptors (Lipinski definition) is 3. The van der Waals surface area contributed by atoms with E-state index in [4.69, 9.17) is 0 Å². The van der Waals surface area contributed by atoms with Crippen LogP contribution in [-0.4, -0.2) is 58.6 Å². The first-order valence-electron chi connectivity index (χ1n) is 10.2. The molecular formula is C22H32F2N2O2. The summed E-state index contributed by atoms with van der Waals surface area (Å²) in [7, 11) is 0. The van der Waals surface area contributed by atoms with Crippen LogP contribution in [-0.2, 0) is 4.79 Å². The van der Waals surface area contributed by atoms with Crippen molar-refractivity contribution in [3.63, 3.8) is 0 Å². The lowest BCUT2D eigenvalue weighted by molar-refractivity contribution is -0.141. The average molecular weight is 395 g/mol. The molecule has 0 aliphatic carbocycles. The summed E-state index contributed by atoms with van der Waals surface area (Å²) < 4.78 is 28.0. The van der Waals surface area contributed by atoms with E-state index in [0.717, 1.165) is 6.07 Å². The molecule has 0 saturated carbocycles. The second-order valence-corrected chi connectivity index (χ2v) is 9.64. The summed E-state index contributed by atoms with van der Waals surface area (Å²) in [4.78, 5) is 17.5. The fourth-order valence-corrected chi connectivity index (χ4v) is 4.68. The zero-order valence-electron chi connectivity index (χ0n) is 17.5. The van der Waals surface area contributed by atoms with Crippen LogP contribution in [0.25, 0.3) is 0 Å². The maximum absolute atomic E-state index is 14.6. The number of hydrogen-bond donors (Lipinski definition) is 1. The maximum Gasteiger partial charge on any atom is 0.227 e. The summed E-state index contributed by atoms with van der Waals surface area (Å²) in [5.41, 5.74) is 0.257. The van der Waals surface area contributed by atoms with Gasteiger partial charge in [-0.3, -0.25) is 9.69 Å². The van der Waals surface area contributed by atoms with Gasteiger partial charge in [0, 0.05) is 43.7 Å². The molecule has 0 aromatic heterocycles. The molecule has 2 aliphatic heterocycles. The Hall–Kier alpha value is -1.53. The number of carbonyl (C=O) groups is 1. The zero-order valence-corrected chi connectivity index (χ0v) is 17.5. The highest BCUT2D eigenvalue weighted by atomic mass is 19.1.